The molecule has 2 aliphatic heterocycles. The van der Waals surface area contributed by atoms with Crippen LogP contribution in [0.1, 0.15) is 30.1 Å². The van der Waals surface area contributed by atoms with Gasteiger partial charge in [0.1, 0.15) is 0 Å². The van der Waals surface area contributed by atoms with Gasteiger partial charge in [0.05, 0.1) is 37.6 Å². The first-order chi connectivity index (χ1) is 13.3. The second-order valence-electron chi connectivity index (χ2n) is 7.48. The Morgan fingerprint density at radius 1 is 1.19 bits per heavy atom. The molecule has 0 spiro atoms. The monoisotopic (exact) mass is 369 g/mol. The van der Waals surface area contributed by atoms with Gasteiger partial charge in [0.25, 0.3) is 0 Å². The molecule has 1 unspecified atom stereocenters. The number of imidazole rings is 1. The highest BCUT2D eigenvalue weighted by Crippen LogP contribution is 2.23. The highest BCUT2D eigenvalue weighted by Gasteiger charge is 2.28. The predicted molar refractivity (Wildman–Crippen MR) is 101 cm³/mol. The highest BCUT2D eigenvalue weighted by atomic mass is 16.5. The van der Waals surface area contributed by atoms with Crippen molar-refractivity contribution in [3.63, 3.8) is 0 Å². The number of nitrogens with zero attached hydrogens (tertiary/aromatic N) is 3. The minimum Gasteiger partial charge on any atom is -0.381 e. The molecule has 0 N–H and O–H groups in total. The third-order valence-corrected chi connectivity index (χ3v) is 5.48. The van der Waals surface area contributed by atoms with E-state index >= 15 is 0 Å². The van der Waals surface area contributed by atoms with Gasteiger partial charge in [-0.25, -0.2) is 4.98 Å². The number of rotatable bonds is 6. The third kappa shape index (κ3) is 4.57. The molecule has 2 aromatic rings. The van der Waals surface area contributed by atoms with Gasteiger partial charge in [0.2, 0.25) is 5.91 Å². The molecule has 4 rings (SSSR count). The first kappa shape index (κ1) is 18.2. The van der Waals surface area contributed by atoms with Crippen molar-refractivity contribution in [2.24, 2.45) is 5.92 Å². The van der Waals surface area contributed by atoms with Gasteiger partial charge < -0.3 is 18.9 Å². The fraction of sp³-hybridized carbons (Fsp3) is 0.524. The van der Waals surface area contributed by atoms with Crippen molar-refractivity contribution in [1.29, 1.82) is 0 Å². The highest BCUT2D eigenvalue weighted by molar-refractivity contribution is 5.78. The van der Waals surface area contributed by atoms with Crippen molar-refractivity contribution in [1.82, 2.24) is 14.5 Å². The lowest BCUT2D eigenvalue weighted by Crippen LogP contribution is -2.43. The predicted octanol–water partition coefficient (Wildman–Crippen LogP) is 2.45. The molecule has 1 saturated heterocycles. The van der Waals surface area contributed by atoms with Crippen LogP contribution >= 0.6 is 0 Å². The molecule has 1 fully saturated rings. The van der Waals surface area contributed by atoms with E-state index in [1.165, 1.54) is 0 Å². The number of ether oxygens (including phenoxy) is 2. The molecule has 1 amide bonds. The van der Waals surface area contributed by atoms with Crippen LogP contribution in [0.3, 0.4) is 0 Å². The quantitative estimate of drug-likeness (QED) is 0.785. The summed E-state index contributed by atoms with van der Waals surface area (Å²) in [5.74, 6) is 0.739. The summed E-state index contributed by atoms with van der Waals surface area (Å²) in [6.45, 7) is 4.33. The fourth-order valence-electron chi connectivity index (χ4n) is 3.87. The Balaban J connectivity index is 1.36. The normalized spacial score (nSPS) is 20.4. The second-order valence-corrected chi connectivity index (χ2v) is 7.48. The van der Waals surface area contributed by atoms with E-state index in [0.717, 1.165) is 43.9 Å². The van der Waals surface area contributed by atoms with Crippen LogP contribution in [0.4, 0.5) is 0 Å². The maximum absolute atomic E-state index is 12.8. The summed E-state index contributed by atoms with van der Waals surface area (Å²) >= 11 is 0. The van der Waals surface area contributed by atoms with Crippen LogP contribution in [0.25, 0.3) is 0 Å². The zero-order valence-corrected chi connectivity index (χ0v) is 15.6. The van der Waals surface area contributed by atoms with Gasteiger partial charge in [-0.3, -0.25) is 4.79 Å². The van der Waals surface area contributed by atoms with Gasteiger partial charge in [-0.15, -0.1) is 0 Å². The van der Waals surface area contributed by atoms with Crippen molar-refractivity contribution >= 4 is 5.91 Å². The minimum atomic E-state index is 0.121. The Bertz CT molecular complexity index is 740. The van der Waals surface area contributed by atoms with Crippen LogP contribution in [0.2, 0.25) is 0 Å². The van der Waals surface area contributed by atoms with Gasteiger partial charge in [-0.1, -0.05) is 30.3 Å². The van der Waals surface area contributed by atoms with Crippen molar-refractivity contribution in [3.05, 3.63) is 54.1 Å². The maximum atomic E-state index is 12.8. The lowest BCUT2D eigenvalue weighted by molar-refractivity contribution is -0.133. The standard InChI is InChI=1S/C21H27N3O3/c25-21(10-17-4-2-1-3-5-17)23-12-19-11-22-16-24(19)20(13-23)15-27-14-18-6-8-26-9-7-18/h1-5,11,16,18,20H,6-10,12-15H2. The minimum absolute atomic E-state index is 0.121. The molecule has 6 nitrogen and oxygen atoms in total. The van der Waals surface area contributed by atoms with Crippen LogP contribution in [0.5, 0.6) is 0 Å². The molecule has 3 heterocycles. The molecular weight excluding hydrogens is 342 g/mol. The van der Waals surface area contributed by atoms with Gasteiger partial charge >= 0.3 is 0 Å². The smallest absolute Gasteiger partial charge is 0.227 e. The first-order valence-electron chi connectivity index (χ1n) is 9.77. The van der Waals surface area contributed by atoms with Crippen molar-refractivity contribution < 1.29 is 14.3 Å². The molecule has 1 aromatic heterocycles. The number of carbonyl (C=O) groups is 1. The van der Waals surface area contributed by atoms with Crippen molar-refractivity contribution in [2.45, 2.75) is 31.8 Å². The van der Waals surface area contributed by atoms with Gasteiger partial charge in [0, 0.05) is 32.6 Å². The van der Waals surface area contributed by atoms with Crippen LogP contribution in [0.15, 0.2) is 42.9 Å². The topological polar surface area (TPSA) is 56.6 Å². The summed E-state index contributed by atoms with van der Waals surface area (Å²) in [4.78, 5) is 19.0. The average molecular weight is 369 g/mol. The molecule has 1 atom stereocenters. The Kier molecular flexibility index (Phi) is 5.84. The zero-order valence-electron chi connectivity index (χ0n) is 15.6. The van der Waals surface area contributed by atoms with Crippen LogP contribution in [-0.4, -0.2) is 53.3 Å². The van der Waals surface area contributed by atoms with Crippen LogP contribution in [-0.2, 0) is 27.2 Å². The number of carbonyl (C=O) groups excluding carboxylic acids is 1. The molecule has 0 aliphatic carbocycles. The third-order valence-electron chi connectivity index (χ3n) is 5.48. The lowest BCUT2D eigenvalue weighted by atomic mass is 10.0. The number of fused-ring (bicyclic) bond motifs is 1. The van der Waals surface area contributed by atoms with Gasteiger partial charge in [0.15, 0.2) is 0 Å². The fourth-order valence-corrected chi connectivity index (χ4v) is 3.87. The number of amides is 1. The molecule has 0 saturated carbocycles. The summed E-state index contributed by atoms with van der Waals surface area (Å²) in [5, 5.41) is 0. The molecular formula is C21H27N3O3. The molecule has 2 aliphatic rings. The number of benzene rings is 1. The Hall–Kier alpha value is -2.18. The summed E-state index contributed by atoms with van der Waals surface area (Å²) in [6.07, 6.45) is 6.29. The van der Waals surface area contributed by atoms with E-state index in [0.29, 0.717) is 32.0 Å². The molecule has 0 radical (unpaired) electrons. The number of hydrogen-bond donors (Lipinski definition) is 0. The average Bonchev–Trinajstić information content (AvgIpc) is 3.18. The number of hydrogen-bond acceptors (Lipinski definition) is 4. The molecule has 1 aromatic carbocycles. The Morgan fingerprint density at radius 2 is 2.00 bits per heavy atom. The largest absolute Gasteiger partial charge is 0.381 e. The SMILES string of the molecule is O=C(Cc1ccccc1)N1Cc2cncn2C(COCC2CCOCC2)C1. The van der Waals surface area contributed by atoms with E-state index in [2.05, 4.69) is 9.55 Å². The van der Waals surface area contributed by atoms with Gasteiger partial charge in [-0.05, 0) is 24.3 Å². The van der Waals surface area contributed by atoms with Crippen molar-refractivity contribution in [3.8, 4) is 0 Å². The Morgan fingerprint density at radius 3 is 2.81 bits per heavy atom. The number of aromatic nitrogens is 2. The summed E-state index contributed by atoms with van der Waals surface area (Å²) in [5.41, 5.74) is 2.12. The first-order valence-corrected chi connectivity index (χ1v) is 9.77. The molecule has 27 heavy (non-hydrogen) atoms. The Labute approximate surface area is 160 Å². The van der Waals surface area contributed by atoms with E-state index in [-0.39, 0.29) is 11.9 Å². The van der Waals surface area contributed by atoms with Crippen LogP contribution < -0.4 is 0 Å². The summed E-state index contributed by atoms with van der Waals surface area (Å²) in [6, 6.07) is 10.0. The molecule has 144 valence electrons. The molecule has 0 bridgehead atoms. The molecule has 6 heteroatoms. The van der Waals surface area contributed by atoms with E-state index in [1.54, 1.807) is 0 Å². The summed E-state index contributed by atoms with van der Waals surface area (Å²) < 4.78 is 13.6. The van der Waals surface area contributed by atoms with E-state index < -0.39 is 0 Å². The van der Waals surface area contributed by atoms with Crippen LogP contribution in [0, 0.1) is 5.92 Å². The maximum Gasteiger partial charge on any atom is 0.227 e. The van der Waals surface area contributed by atoms with E-state index in [1.807, 2.05) is 47.8 Å². The van der Waals surface area contributed by atoms with E-state index in [9.17, 15) is 4.79 Å². The van der Waals surface area contributed by atoms with E-state index in [4.69, 9.17) is 9.47 Å². The lowest BCUT2D eigenvalue weighted by Gasteiger charge is -2.35. The summed E-state index contributed by atoms with van der Waals surface area (Å²) in [7, 11) is 0. The van der Waals surface area contributed by atoms with Gasteiger partial charge in [-0.2, -0.15) is 0 Å². The zero-order chi connectivity index (χ0) is 18.5. The van der Waals surface area contributed by atoms with Crippen molar-refractivity contribution in [2.75, 3.05) is 33.0 Å². The second kappa shape index (κ2) is 8.67.